The molecule has 5 heterocycles. The van der Waals surface area contributed by atoms with Crippen molar-refractivity contribution in [2.75, 3.05) is 31.5 Å². The summed E-state index contributed by atoms with van der Waals surface area (Å²) in [6.45, 7) is 9.22. The van der Waals surface area contributed by atoms with Crippen LogP contribution in [0.2, 0.25) is 0 Å². The van der Waals surface area contributed by atoms with Crippen molar-refractivity contribution in [2.45, 2.75) is 84.4 Å². The number of carboxylic acid groups (broad SMARTS) is 1. The average molecular weight is 756 g/mol. The lowest BCUT2D eigenvalue weighted by molar-refractivity contribution is -0.143. The molecule has 292 valence electrons. The van der Waals surface area contributed by atoms with E-state index in [9.17, 15) is 19.8 Å². The van der Waals surface area contributed by atoms with Crippen LogP contribution in [-0.4, -0.2) is 83.7 Å². The Morgan fingerprint density at radius 3 is 2.48 bits per heavy atom. The first-order valence-electron chi connectivity index (χ1n) is 20.2. The van der Waals surface area contributed by atoms with Crippen molar-refractivity contribution in [2.24, 2.45) is 18.9 Å². The minimum absolute atomic E-state index is 0.177. The first kappa shape index (κ1) is 37.9. The fourth-order valence-corrected chi connectivity index (χ4v) is 9.22. The fourth-order valence-electron chi connectivity index (χ4n) is 9.22. The van der Waals surface area contributed by atoms with Crippen LogP contribution >= 0.6 is 0 Å². The van der Waals surface area contributed by atoms with Gasteiger partial charge in [0.05, 0.1) is 28.9 Å². The number of nitrogens with zero attached hydrogens (tertiary/aromatic N) is 6. The molecule has 1 aliphatic carbocycles. The number of nitrogens with one attached hydrogen (secondary N) is 1. The molecule has 1 saturated carbocycles. The Bertz CT molecular complexity index is 2260. The molecule has 11 heteroatoms. The van der Waals surface area contributed by atoms with E-state index in [4.69, 9.17) is 15.0 Å². The Balaban J connectivity index is 0.941. The number of aliphatic hydroxyl groups is 1. The Labute approximate surface area is 328 Å². The van der Waals surface area contributed by atoms with E-state index in [0.717, 1.165) is 139 Å². The molecule has 0 radical (unpaired) electrons. The SMILES string of the molecule is Cc1c(Cc2nccc3cc(CN4CC[C@@H](O)C4)cnc23)cccc1-c1cccc(NC(=O)c2nc3c(n2C)CCN(CCC2CCC(C(=O)O)CC2)C3)c1C. The Morgan fingerprint density at radius 2 is 1.71 bits per heavy atom. The number of hydrogen-bond donors (Lipinski definition) is 3. The van der Waals surface area contributed by atoms with Crippen molar-refractivity contribution in [3.8, 4) is 11.1 Å². The lowest BCUT2D eigenvalue weighted by Crippen LogP contribution is -2.33. The van der Waals surface area contributed by atoms with E-state index >= 15 is 0 Å². The van der Waals surface area contributed by atoms with Gasteiger partial charge >= 0.3 is 5.97 Å². The van der Waals surface area contributed by atoms with Gasteiger partial charge in [0.2, 0.25) is 0 Å². The van der Waals surface area contributed by atoms with Crippen molar-refractivity contribution < 1.29 is 19.8 Å². The highest BCUT2D eigenvalue weighted by atomic mass is 16.4. The molecule has 3 N–H and O–H groups in total. The molecule has 56 heavy (non-hydrogen) atoms. The minimum Gasteiger partial charge on any atom is -0.481 e. The number of aliphatic carboxylic acids is 1. The Hall–Kier alpha value is -4.97. The van der Waals surface area contributed by atoms with Crippen molar-refractivity contribution in [3.05, 3.63) is 106 Å². The first-order valence-corrected chi connectivity index (χ1v) is 20.2. The van der Waals surface area contributed by atoms with Crippen LogP contribution in [0.15, 0.2) is 60.9 Å². The van der Waals surface area contributed by atoms with Gasteiger partial charge in [-0.25, -0.2) is 4.98 Å². The Kier molecular flexibility index (Phi) is 11.0. The predicted molar refractivity (Wildman–Crippen MR) is 217 cm³/mol. The van der Waals surface area contributed by atoms with Crippen molar-refractivity contribution in [1.82, 2.24) is 29.3 Å². The number of anilines is 1. The van der Waals surface area contributed by atoms with Crippen LogP contribution in [0, 0.1) is 25.7 Å². The maximum absolute atomic E-state index is 13.8. The molecule has 0 unspecified atom stereocenters. The second kappa shape index (κ2) is 16.3. The number of carboxylic acids is 1. The molecule has 2 aliphatic heterocycles. The van der Waals surface area contributed by atoms with Gasteiger partial charge in [0.25, 0.3) is 5.91 Å². The predicted octanol–water partition coefficient (Wildman–Crippen LogP) is 6.70. The minimum atomic E-state index is -0.652. The number of fused-ring (bicyclic) bond motifs is 2. The van der Waals surface area contributed by atoms with Crippen molar-refractivity contribution in [1.29, 1.82) is 0 Å². The Morgan fingerprint density at radius 1 is 0.929 bits per heavy atom. The molecule has 3 aliphatic rings. The van der Waals surface area contributed by atoms with Gasteiger partial charge in [-0.15, -0.1) is 0 Å². The third kappa shape index (κ3) is 7.98. The molecule has 2 fully saturated rings. The fraction of sp³-hybridized carbons (Fsp3) is 0.444. The summed E-state index contributed by atoms with van der Waals surface area (Å²) in [7, 11) is 1.94. The van der Waals surface area contributed by atoms with E-state index in [1.807, 2.05) is 42.2 Å². The number of carbonyl (C=O) groups is 2. The molecule has 11 nitrogen and oxygen atoms in total. The highest BCUT2D eigenvalue weighted by Gasteiger charge is 2.29. The number of pyridine rings is 2. The van der Waals surface area contributed by atoms with Gasteiger partial charge in [0.1, 0.15) is 0 Å². The topological polar surface area (TPSA) is 137 Å². The molecular weight excluding hydrogens is 703 g/mol. The number of likely N-dealkylation sites (tertiary alicyclic amines) is 1. The zero-order valence-corrected chi connectivity index (χ0v) is 32.8. The molecule has 3 aromatic heterocycles. The standard InChI is InChI=1S/C45H53N7O4/c1-28-33(23-39-42-34(14-18-46-39)22-31(24-47-42)25-52-20-16-35(53)26-52)6-4-7-36(28)37-8-5-9-38(29(37)2)49-44(54)43-48-40-27-51(21-17-41(40)50(43)3)19-15-30-10-12-32(13-11-30)45(55)56/h4-9,14,18,22,24,30,32,35,53H,10-13,15-17,19-21,23,25-27H2,1-3H3,(H,49,54)(H,55,56)/t30?,32?,35-/m1/s1. The highest BCUT2D eigenvalue weighted by molar-refractivity contribution is 6.03. The number of aliphatic hydroxyl groups excluding tert-OH is 1. The number of rotatable bonds is 11. The maximum atomic E-state index is 13.8. The zero-order chi connectivity index (χ0) is 38.9. The van der Waals surface area contributed by atoms with Gasteiger partial charge in [-0.3, -0.25) is 29.4 Å². The summed E-state index contributed by atoms with van der Waals surface area (Å²) >= 11 is 0. The number of imidazole rings is 1. The largest absolute Gasteiger partial charge is 0.481 e. The number of hydrogen-bond acceptors (Lipinski definition) is 8. The molecule has 1 amide bonds. The zero-order valence-electron chi connectivity index (χ0n) is 32.8. The number of β-amino-alcohol motifs (C(OH)–C–C–N with tert-alkyl or cyclic N) is 1. The van der Waals surface area contributed by atoms with E-state index in [1.165, 1.54) is 5.56 Å². The van der Waals surface area contributed by atoms with Crippen LogP contribution in [0.1, 0.15) is 88.5 Å². The molecule has 2 aromatic carbocycles. The first-order chi connectivity index (χ1) is 27.1. The monoisotopic (exact) mass is 755 g/mol. The van der Waals surface area contributed by atoms with Gasteiger partial charge in [-0.05, 0) is 116 Å². The van der Waals surface area contributed by atoms with Gasteiger partial charge in [-0.1, -0.05) is 30.3 Å². The van der Waals surface area contributed by atoms with E-state index in [2.05, 4.69) is 59.3 Å². The molecular formula is C45H53N7O4. The van der Waals surface area contributed by atoms with Crippen molar-refractivity contribution >= 4 is 28.5 Å². The van der Waals surface area contributed by atoms with Crippen LogP contribution in [0.3, 0.4) is 0 Å². The van der Waals surface area contributed by atoms with Crippen LogP contribution in [0.25, 0.3) is 22.0 Å². The van der Waals surface area contributed by atoms with Gasteiger partial charge in [0.15, 0.2) is 5.82 Å². The summed E-state index contributed by atoms with van der Waals surface area (Å²) in [5, 5.41) is 23.5. The smallest absolute Gasteiger partial charge is 0.306 e. The van der Waals surface area contributed by atoms with E-state index in [-0.39, 0.29) is 17.9 Å². The van der Waals surface area contributed by atoms with Gasteiger partial charge < -0.3 is 20.1 Å². The number of carbonyl (C=O) groups excluding carboxylic acids is 1. The summed E-state index contributed by atoms with van der Waals surface area (Å²) in [6, 6.07) is 16.7. The third-order valence-electron chi connectivity index (χ3n) is 12.6. The lowest BCUT2D eigenvalue weighted by Gasteiger charge is -2.30. The highest BCUT2D eigenvalue weighted by Crippen LogP contribution is 2.34. The average Bonchev–Trinajstić information content (AvgIpc) is 3.76. The van der Waals surface area contributed by atoms with Crippen LogP contribution < -0.4 is 5.32 Å². The summed E-state index contributed by atoms with van der Waals surface area (Å²) in [5.74, 6) is -0.0447. The lowest BCUT2D eigenvalue weighted by atomic mass is 9.80. The van der Waals surface area contributed by atoms with Gasteiger partial charge in [0, 0.05) is 81.8 Å². The normalized spacial score (nSPS) is 20.3. The second-order valence-electron chi connectivity index (χ2n) is 16.3. The molecule has 0 bridgehead atoms. The number of amides is 1. The van der Waals surface area contributed by atoms with E-state index in [1.54, 1.807) is 0 Å². The van der Waals surface area contributed by atoms with Crippen LogP contribution in [0.4, 0.5) is 5.69 Å². The molecule has 8 rings (SSSR count). The molecule has 0 spiro atoms. The molecule has 1 atom stereocenters. The summed E-state index contributed by atoms with van der Waals surface area (Å²) < 4.78 is 1.96. The molecule has 5 aromatic rings. The molecule has 1 saturated heterocycles. The van der Waals surface area contributed by atoms with Crippen LogP contribution in [-0.2, 0) is 37.8 Å². The van der Waals surface area contributed by atoms with Gasteiger partial charge in [-0.2, -0.15) is 0 Å². The van der Waals surface area contributed by atoms with Crippen molar-refractivity contribution in [3.63, 3.8) is 0 Å². The van der Waals surface area contributed by atoms with E-state index < -0.39 is 5.97 Å². The number of benzene rings is 2. The quantitative estimate of drug-likeness (QED) is 0.135. The number of aromatic nitrogens is 4. The maximum Gasteiger partial charge on any atom is 0.306 e. The second-order valence-corrected chi connectivity index (χ2v) is 16.3. The summed E-state index contributed by atoms with van der Waals surface area (Å²) in [4.78, 5) is 44.4. The van der Waals surface area contributed by atoms with E-state index in [0.29, 0.717) is 24.7 Å². The van der Waals surface area contributed by atoms with Crippen LogP contribution in [0.5, 0.6) is 0 Å². The summed E-state index contributed by atoms with van der Waals surface area (Å²) in [5.41, 5.74) is 11.3. The summed E-state index contributed by atoms with van der Waals surface area (Å²) in [6.07, 6.45) is 10.5. The third-order valence-corrected chi connectivity index (χ3v) is 12.6.